The first kappa shape index (κ1) is 49.2. The minimum Gasteiger partial charge on any atom is -0.465 e. The highest BCUT2D eigenvalue weighted by molar-refractivity contribution is 7.89. The van der Waals surface area contributed by atoms with Crippen LogP contribution in [0, 0.1) is 11.3 Å². The van der Waals surface area contributed by atoms with E-state index in [1.807, 2.05) is 65.0 Å². The van der Waals surface area contributed by atoms with Crippen LogP contribution < -0.4 is 15.4 Å². The molecule has 0 aliphatic rings. The Hall–Kier alpha value is -3.00. The smallest absolute Gasteiger partial charge is 0.411 e. The largest absolute Gasteiger partial charge is 0.465 e. The fourth-order valence-corrected chi connectivity index (χ4v) is 9.45. The van der Waals surface area contributed by atoms with Gasteiger partial charge in [-0.15, -0.1) is 0 Å². The fourth-order valence-electron chi connectivity index (χ4n) is 5.93. The van der Waals surface area contributed by atoms with Crippen molar-refractivity contribution in [3.05, 3.63) is 54.1 Å². The first-order chi connectivity index (χ1) is 25.9. The lowest BCUT2D eigenvalue weighted by molar-refractivity contribution is -0.128. The number of hydrogen-bond donors (Lipinski definition) is 3. The minimum atomic E-state index is -4.38. The highest BCUT2D eigenvalue weighted by atomic mass is 32.2. The van der Waals surface area contributed by atoms with Crippen LogP contribution in [0.2, 0.25) is 51.4 Å². The number of hydrogen-bond acceptors (Lipinski definition) is 9. The number of carbonyl (C=O) groups excluding carboxylic acids is 1. The van der Waals surface area contributed by atoms with Gasteiger partial charge in [-0.3, -0.25) is 5.32 Å². The van der Waals surface area contributed by atoms with Crippen molar-refractivity contribution in [1.82, 2.24) is 9.62 Å². The number of carbonyl (C=O) groups is 2. The van der Waals surface area contributed by atoms with E-state index in [0.29, 0.717) is 13.2 Å². The Bertz CT molecular complexity index is 1610. The topological polar surface area (TPSA) is 162 Å². The monoisotopic (exact) mass is 839 g/mol. The summed E-state index contributed by atoms with van der Waals surface area (Å²) in [6.07, 6.45) is -2.81. The van der Waals surface area contributed by atoms with Crippen LogP contribution in [0.1, 0.15) is 47.1 Å². The van der Waals surface area contributed by atoms with Crippen molar-refractivity contribution in [2.24, 2.45) is 11.3 Å². The standard InChI is InChI=1S/C40H69N3O10SSi2/c1-13-51-39(46)42-33-26-32(19-20-35(33)52-28-49-21-23-55(7,8)9)54(47,48)43(27-30(2)3)37(40(4,5)6)36(53-29-50-22-24-56(10,11)12)34(41-38(44)45)25-31-17-15-14-16-18-31/h14-20,26,30,34,36-37,41H,13,21-25,27-29H2,1-12H3,(H,42,46)(H,44,45)/t34-,36+,37?/m0/s1. The van der Waals surface area contributed by atoms with Crippen molar-refractivity contribution < 1.29 is 46.8 Å². The first-order valence-electron chi connectivity index (χ1n) is 19.5. The van der Waals surface area contributed by atoms with Crippen LogP contribution in [-0.4, -0.2) is 104 Å². The molecule has 0 spiro atoms. The quantitative estimate of drug-likeness (QED) is 0.0531. The minimum absolute atomic E-state index is 0.0789. The molecule has 0 bridgehead atoms. The Balaban J connectivity index is 2.73. The number of benzene rings is 2. The van der Waals surface area contributed by atoms with Gasteiger partial charge in [0.05, 0.1) is 35.4 Å². The predicted octanol–water partition coefficient (Wildman–Crippen LogP) is 8.58. The molecule has 1 unspecified atom stereocenters. The van der Waals surface area contributed by atoms with Gasteiger partial charge in [0, 0.05) is 35.9 Å². The first-order valence-corrected chi connectivity index (χ1v) is 28.3. The summed E-state index contributed by atoms with van der Waals surface area (Å²) < 4.78 is 60.9. The highest BCUT2D eigenvalue weighted by Crippen LogP contribution is 2.37. The van der Waals surface area contributed by atoms with Gasteiger partial charge in [-0.05, 0) is 60.5 Å². The molecule has 2 aromatic carbocycles. The van der Waals surface area contributed by atoms with Crippen LogP contribution in [0.25, 0.3) is 0 Å². The van der Waals surface area contributed by atoms with Gasteiger partial charge in [-0.25, -0.2) is 18.0 Å². The summed E-state index contributed by atoms with van der Waals surface area (Å²) in [6, 6.07) is 13.7. The SMILES string of the molecule is CCOC(=O)Nc1cc(S(=O)(=O)N(CC(C)C)C([C@H](OCOCC[Si](C)(C)C)[C@H](Cc2ccccc2)NC(=O)O)C(C)(C)C)ccc1OCOCC[Si](C)(C)C. The molecule has 0 aromatic heterocycles. The van der Waals surface area contributed by atoms with E-state index in [2.05, 4.69) is 49.9 Å². The second-order valence-corrected chi connectivity index (χ2v) is 31.1. The summed E-state index contributed by atoms with van der Waals surface area (Å²) in [4.78, 5) is 25.0. The van der Waals surface area contributed by atoms with Gasteiger partial charge in [-0.2, -0.15) is 4.31 Å². The summed E-state index contributed by atoms with van der Waals surface area (Å²) in [6.45, 7) is 25.6. The number of amides is 2. The molecule has 0 aliphatic carbocycles. The van der Waals surface area contributed by atoms with E-state index in [9.17, 15) is 14.7 Å². The molecule has 0 heterocycles. The molecule has 3 N–H and O–H groups in total. The number of nitrogens with zero attached hydrogens (tertiary/aromatic N) is 1. The third kappa shape index (κ3) is 17.6. The Morgan fingerprint density at radius 3 is 2.00 bits per heavy atom. The molecule has 16 heteroatoms. The van der Waals surface area contributed by atoms with E-state index in [1.165, 1.54) is 22.5 Å². The average Bonchev–Trinajstić information content (AvgIpc) is 3.05. The average molecular weight is 840 g/mol. The number of carboxylic acid groups (broad SMARTS) is 1. The van der Waals surface area contributed by atoms with Crippen molar-refractivity contribution >= 4 is 44.0 Å². The lowest BCUT2D eigenvalue weighted by atomic mass is 9.79. The molecule has 2 amide bonds. The summed E-state index contributed by atoms with van der Waals surface area (Å²) >= 11 is 0. The lowest BCUT2D eigenvalue weighted by Gasteiger charge is -2.46. The van der Waals surface area contributed by atoms with Crippen LogP contribution in [-0.2, 0) is 35.4 Å². The third-order valence-corrected chi connectivity index (χ3v) is 14.0. The number of rotatable bonds is 24. The lowest BCUT2D eigenvalue weighted by Crippen LogP contribution is -2.62. The van der Waals surface area contributed by atoms with E-state index < -0.39 is 62.0 Å². The summed E-state index contributed by atoms with van der Waals surface area (Å²) in [5.74, 6) is 0.0642. The third-order valence-electron chi connectivity index (χ3n) is 8.76. The number of sulfonamides is 1. The maximum Gasteiger partial charge on any atom is 0.411 e. The van der Waals surface area contributed by atoms with E-state index >= 15 is 8.42 Å². The van der Waals surface area contributed by atoms with Gasteiger partial charge < -0.3 is 34.1 Å². The second-order valence-electron chi connectivity index (χ2n) is 18.0. The molecule has 318 valence electrons. The van der Waals surface area contributed by atoms with E-state index in [4.69, 9.17) is 23.7 Å². The van der Waals surface area contributed by atoms with Gasteiger partial charge >= 0.3 is 12.2 Å². The molecule has 0 saturated carbocycles. The molecule has 2 rings (SSSR count). The Morgan fingerprint density at radius 1 is 0.893 bits per heavy atom. The van der Waals surface area contributed by atoms with Gasteiger partial charge in [0.1, 0.15) is 12.5 Å². The molecule has 0 fully saturated rings. The Morgan fingerprint density at radius 2 is 1.48 bits per heavy atom. The highest BCUT2D eigenvalue weighted by Gasteiger charge is 2.47. The molecule has 0 saturated heterocycles. The van der Waals surface area contributed by atoms with Crippen molar-refractivity contribution in [3.63, 3.8) is 0 Å². The van der Waals surface area contributed by atoms with Crippen LogP contribution in [0.3, 0.4) is 0 Å². The molecule has 3 atom stereocenters. The molecule has 0 radical (unpaired) electrons. The second kappa shape index (κ2) is 22.2. The Kier molecular flexibility index (Phi) is 19.5. The van der Waals surface area contributed by atoms with Gasteiger partial charge in [0.2, 0.25) is 10.0 Å². The molecule has 13 nitrogen and oxygen atoms in total. The summed E-state index contributed by atoms with van der Waals surface area (Å²) in [7, 11) is -7.14. The van der Waals surface area contributed by atoms with Gasteiger partial charge in [0.25, 0.3) is 0 Å². The molecule has 56 heavy (non-hydrogen) atoms. The number of ether oxygens (including phenoxy) is 5. The van der Waals surface area contributed by atoms with Crippen LogP contribution >= 0.6 is 0 Å². The van der Waals surface area contributed by atoms with Crippen molar-refractivity contribution in [2.45, 2.75) is 122 Å². The van der Waals surface area contributed by atoms with Crippen LogP contribution in [0.4, 0.5) is 15.3 Å². The van der Waals surface area contributed by atoms with Crippen molar-refractivity contribution in [2.75, 3.05) is 45.3 Å². The van der Waals surface area contributed by atoms with E-state index in [-0.39, 0.29) is 55.4 Å². The van der Waals surface area contributed by atoms with E-state index in [0.717, 1.165) is 17.7 Å². The van der Waals surface area contributed by atoms with Gasteiger partial charge in [0.15, 0.2) is 6.79 Å². The zero-order valence-corrected chi connectivity index (χ0v) is 38.6. The maximum atomic E-state index is 15.1. The Labute approximate surface area is 338 Å². The predicted molar refractivity (Wildman–Crippen MR) is 228 cm³/mol. The summed E-state index contributed by atoms with van der Waals surface area (Å²) in [5, 5.41) is 15.4. The zero-order valence-electron chi connectivity index (χ0n) is 35.8. The van der Waals surface area contributed by atoms with E-state index in [1.54, 1.807) is 6.92 Å². The van der Waals surface area contributed by atoms with Gasteiger partial charge in [-0.1, -0.05) is 104 Å². The zero-order chi connectivity index (χ0) is 42.3. The van der Waals surface area contributed by atoms with Crippen molar-refractivity contribution in [1.29, 1.82) is 0 Å². The fraction of sp³-hybridized carbons (Fsp3) is 0.650. The molecular weight excluding hydrogens is 771 g/mol. The number of anilines is 1. The van der Waals surface area contributed by atoms with Crippen LogP contribution in [0.15, 0.2) is 53.4 Å². The van der Waals surface area contributed by atoms with Crippen molar-refractivity contribution in [3.8, 4) is 5.75 Å². The normalized spacial score (nSPS) is 14.3. The summed E-state index contributed by atoms with van der Waals surface area (Å²) in [5.41, 5.74) is 0.149. The molecular formula is C40H69N3O10SSi2. The number of nitrogens with one attached hydrogen (secondary N) is 2. The molecule has 0 aliphatic heterocycles. The maximum absolute atomic E-state index is 15.1. The molecule has 2 aromatic rings. The van der Waals surface area contributed by atoms with Crippen LogP contribution in [0.5, 0.6) is 5.75 Å².